The molecule has 5 nitrogen and oxygen atoms in total. The van der Waals surface area contributed by atoms with E-state index >= 15 is 0 Å². The molecule has 1 aromatic heterocycles. The number of hydrogen-bond donors (Lipinski definition) is 1. The van der Waals surface area contributed by atoms with Gasteiger partial charge in [0, 0.05) is 0 Å². The first kappa shape index (κ1) is 9.16. The number of rotatable bonds is 2. The van der Waals surface area contributed by atoms with Crippen LogP contribution in [-0.2, 0) is 6.54 Å². The standard InChI is InChI=1S/C9H12N4O/c10-5-8-11-7-13(12-8)6-9(14)3-1-2-4-9/h7,14H,1-4,6H2. The van der Waals surface area contributed by atoms with E-state index in [0.717, 1.165) is 25.7 Å². The fraction of sp³-hybridized carbons (Fsp3) is 0.667. The molecule has 14 heavy (non-hydrogen) atoms. The van der Waals surface area contributed by atoms with Crippen molar-refractivity contribution in [1.29, 1.82) is 5.26 Å². The second kappa shape index (κ2) is 3.39. The van der Waals surface area contributed by atoms with E-state index in [1.807, 2.05) is 6.07 Å². The van der Waals surface area contributed by atoms with Crippen molar-refractivity contribution in [1.82, 2.24) is 14.8 Å². The second-order valence-electron chi connectivity index (χ2n) is 3.81. The van der Waals surface area contributed by atoms with Crippen LogP contribution in [-0.4, -0.2) is 25.5 Å². The minimum Gasteiger partial charge on any atom is -0.388 e. The van der Waals surface area contributed by atoms with E-state index in [4.69, 9.17) is 5.26 Å². The van der Waals surface area contributed by atoms with Gasteiger partial charge in [0.15, 0.2) is 0 Å². The van der Waals surface area contributed by atoms with E-state index < -0.39 is 5.60 Å². The molecule has 1 aliphatic carbocycles. The molecule has 0 aromatic carbocycles. The Balaban J connectivity index is 2.07. The van der Waals surface area contributed by atoms with Crippen molar-refractivity contribution >= 4 is 0 Å². The zero-order chi connectivity index (χ0) is 10.0. The molecule has 0 spiro atoms. The Labute approximate surface area is 82.0 Å². The Bertz CT molecular complexity index is 359. The van der Waals surface area contributed by atoms with Crippen molar-refractivity contribution in [2.45, 2.75) is 37.8 Å². The van der Waals surface area contributed by atoms with Gasteiger partial charge < -0.3 is 5.11 Å². The molecular formula is C9H12N4O. The second-order valence-corrected chi connectivity index (χ2v) is 3.81. The lowest BCUT2D eigenvalue weighted by Gasteiger charge is -2.21. The molecule has 5 heteroatoms. The third-order valence-corrected chi connectivity index (χ3v) is 2.63. The summed E-state index contributed by atoms with van der Waals surface area (Å²) in [6.45, 7) is 0.446. The summed E-state index contributed by atoms with van der Waals surface area (Å²) in [4.78, 5) is 3.79. The first-order chi connectivity index (χ1) is 6.72. The Morgan fingerprint density at radius 2 is 2.29 bits per heavy atom. The highest BCUT2D eigenvalue weighted by molar-refractivity contribution is 5.05. The largest absolute Gasteiger partial charge is 0.388 e. The smallest absolute Gasteiger partial charge is 0.252 e. The lowest BCUT2D eigenvalue weighted by Crippen LogP contribution is -2.30. The van der Waals surface area contributed by atoms with Gasteiger partial charge in [-0.1, -0.05) is 12.8 Å². The van der Waals surface area contributed by atoms with Gasteiger partial charge in [0.05, 0.1) is 12.1 Å². The Morgan fingerprint density at radius 1 is 1.57 bits per heavy atom. The van der Waals surface area contributed by atoms with Gasteiger partial charge >= 0.3 is 0 Å². The fourth-order valence-electron chi connectivity index (χ4n) is 1.91. The molecule has 1 heterocycles. The topological polar surface area (TPSA) is 74.7 Å². The van der Waals surface area contributed by atoms with Crippen LogP contribution in [0.15, 0.2) is 6.33 Å². The van der Waals surface area contributed by atoms with Gasteiger partial charge in [-0.15, -0.1) is 5.10 Å². The molecule has 1 aliphatic rings. The molecule has 1 fully saturated rings. The highest BCUT2D eigenvalue weighted by Crippen LogP contribution is 2.30. The van der Waals surface area contributed by atoms with E-state index in [2.05, 4.69) is 10.1 Å². The summed E-state index contributed by atoms with van der Waals surface area (Å²) in [6.07, 6.45) is 5.25. The first-order valence-electron chi connectivity index (χ1n) is 4.74. The summed E-state index contributed by atoms with van der Waals surface area (Å²) in [5.41, 5.74) is -0.638. The SMILES string of the molecule is N#Cc1ncn(CC2(O)CCCC2)n1. The van der Waals surface area contributed by atoms with Crippen molar-refractivity contribution in [2.75, 3.05) is 0 Å². The summed E-state index contributed by atoms with van der Waals surface area (Å²) in [5.74, 6) is 0.159. The van der Waals surface area contributed by atoms with Gasteiger partial charge in [-0.2, -0.15) is 5.26 Å². The normalized spacial score (nSPS) is 19.4. The molecule has 0 saturated heterocycles. The fourth-order valence-corrected chi connectivity index (χ4v) is 1.91. The molecule has 1 N–H and O–H groups in total. The van der Waals surface area contributed by atoms with E-state index in [-0.39, 0.29) is 5.82 Å². The van der Waals surface area contributed by atoms with Crippen LogP contribution in [0.5, 0.6) is 0 Å². The zero-order valence-corrected chi connectivity index (χ0v) is 7.85. The predicted octanol–water partition coefficient (Wildman–Crippen LogP) is 0.455. The number of aromatic nitrogens is 3. The van der Waals surface area contributed by atoms with E-state index in [1.54, 1.807) is 4.68 Å². The van der Waals surface area contributed by atoms with E-state index in [9.17, 15) is 5.11 Å². The molecule has 0 atom stereocenters. The van der Waals surface area contributed by atoms with E-state index in [0.29, 0.717) is 6.54 Å². The maximum absolute atomic E-state index is 10.1. The number of hydrogen-bond acceptors (Lipinski definition) is 4. The van der Waals surface area contributed by atoms with Crippen LogP contribution in [0.1, 0.15) is 31.5 Å². The van der Waals surface area contributed by atoms with Crippen molar-refractivity contribution in [3.05, 3.63) is 12.2 Å². The van der Waals surface area contributed by atoms with Crippen molar-refractivity contribution < 1.29 is 5.11 Å². The highest BCUT2D eigenvalue weighted by atomic mass is 16.3. The summed E-state index contributed by atoms with van der Waals surface area (Å²) in [7, 11) is 0. The third kappa shape index (κ3) is 1.75. The van der Waals surface area contributed by atoms with Gasteiger partial charge in [0.1, 0.15) is 12.4 Å². The van der Waals surface area contributed by atoms with Gasteiger partial charge in [0.2, 0.25) is 0 Å². The maximum atomic E-state index is 10.1. The quantitative estimate of drug-likeness (QED) is 0.738. The lowest BCUT2D eigenvalue weighted by atomic mass is 10.0. The summed E-state index contributed by atoms with van der Waals surface area (Å²) in [6, 6.07) is 1.86. The molecule has 74 valence electrons. The minimum atomic E-state index is -0.638. The molecule has 1 aromatic rings. The van der Waals surface area contributed by atoms with Crippen LogP contribution < -0.4 is 0 Å². The number of nitriles is 1. The maximum Gasteiger partial charge on any atom is 0.252 e. The molecule has 0 amide bonds. The highest BCUT2D eigenvalue weighted by Gasteiger charge is 2.31. The van der Waals surface area contributed by atoms with E-state index in [1.165, 1.54) is 6.33 Å². The summed E-state index contributed by atoms with van der Waals surface area (Å²) >= 11 is 0. The predicted molar refractivity (Wildman–Crippen MR) is 48.2 cm³/mol. The number of nitrogens with zero attached hydrogens (tertiary/aromatic N) is 4. The van der Waals surface area contributed by atoms with Crippen LogP contribution in [0.4, 0.5) is 0 Å². The zero-order valence-electron chi connectivity index (χ0n) is 7.85. The van der Waals surface area contributed by atoms with Crippen LogP contribution in [0, 0.1) is 11.3 Å². The molecular weight excluding hydrogens is 180 g/mol. The summed E-state index contributed by atoms with van der Waals surface area (Å²) in [5, 5.41) is 22.5. The Kier molecular flexibility index (Phi) is 2.22. The Hall–Kier alpha value is -1.41. The van der Waals surface area contributed by atoms with Gasteiger partial charge in [0.25, 0.3) is 5.82 Å². The van der Waals surface area contributed by atoms with Gasteiger partial charge in [-0.25, -0.2) is 9.67 Å². The first-order valence-corrected chi connectivity index (χ1v) is 4.74. The van der Waals surface area contributed by atoms with Gasteiger partial charge in [-0.3, -0.25) is 0 Å². The minimum absolute atomic E-state index is 0.159. The Morgan fingerprint density at radius 3 is 2.86 bits per heavy atom. The monoisotopic (exact) mass is 192 g/mol. The molecule has 0 radical (unpaired) electrons. The van der Waals surface area contributed by atoms with Crippen LogP contribution >= 0.6 is 0 Å². The molecule has 2 rings (SSSR count). The molecule has 0 unspecified atom stereocenters. The van der Waals surface area contributed by atoms with Crippen LogP contribution in [0.2, 0.25) is 0 Å². The van der Waals surface area contributed by atoms with Crippen molar-refractivity contribution in [2.24, 2.45) is 0 Å². The summed E-state index contributed by atoms with van der Waals surface area (Å²) < 4.78 is 1.55. The van der Waals surface area contributed by atoms with Crippen molar-refractivity contribution in [3.8, 4) is 6.07 Å². The average Bonchev–Trinajstić information content (AvgIpc) is 2.75. The lowest BCUT2D eigenvalue weighted by molar-refractivity contribution is 0.0264. The third-order valence-electron chi connectivity index (χ3n) is 2.63. The molecule has 1 saturated carbocycles. The van der Waals surface area contributed by atoms with Crippen LogP contribution in [0.25, 0.3) is 0 Å². The molecule has 0 aliphatic heterocycles. The molecule has 0 bridgehead atoms. The van der Waals surface area contributed by atoms with Gasteiger partial charge in [-0.05, 0) is 12.8 Å². The van der Waals surface area contributed by atoms with Crippen molar-refractivity contribution in [3.63, 3.8) is 0 Å². The average molecular weight is 192 g/mol. The van der Waals surface area contributed by atoms with Crippen LogP contribution in [0.3, 0.4) is 0 Å². The number of aliphatic hydroxyl groups is 1.